The minimum absolute atomic E-state index is 0.104. The van der Waals surface area contributed by atoms with Gasteiger partial charge in [0.1, 0.15) is 17.1 Å². The maximum Gasteiger partial charge on any atom is 0.286 e. The zero-order valence-corrected chi connectivity index (χ0v) is 12.2. The Morgan fingerprint density at radius 3 is 2.80 bits per heavy atom. The van der Waals surface area contributed by atoms with Crippen LogP contribution in [0.4, 0.5) is 0 Å². The molecule has 0 saturated heterocycles. The third-order valence-corrected chi connectivity index (χ3v) is 3.37. The highest BCUT2D eigenvalue weighted by Crippen LogP contribution is 2.26. The molecule has 0 saturated carbocycles. The summed E-state index contributed by atoms with van der Waals surface area (Å²) in [4.78, 5) is 11.9. The van der Waals surface area contributed by atoms with Crippen LogP contribution in [0.3, 0.4) is 0 Å². The molecule has 1 aliphatic heterocycles. The molecule has 0 radical (unpaired) electrons. The van der Waals surface area contributed by atoms with Crippen LogP contribution in [0.2, 0.25) is 0 Å². The normalized spacial score (nSPS) is 17.9. The van der Waals surface area contributed by atoms with E-state index in [1.807, 2.05) is 6.92 Å². The van der Waals surface area contributed by atoms with Crippen molar-refractivity contribution in [2.24, 2.45) is 0 Å². The third-order valence-electron chi connectivity index (χ3n) is 3.37. The molecule has 2 heterocycles. The van der Waals surface area contributed by atoms with Gasteiger partial charge in [0.05, 0.1) is 13.2 Å². The van der Waals surface area contributed by atoms with Crippen molar-refractivity contribution in [3.05, 3.63) is 35.0 Å². The van der Waals surface area contributed by atoms with Crippen LogP contribution in [0.1, 0.15) is 36.8 Å². The maximum atomic E-state index is 11.9. The minimum atomic E-state index is -1.17. The van der Waals surface area contributed by atoms with Crippen LogP contribution in [0, 0.1) is 13.8 Å². The Bertz CT molecular complexity index is 528. The number of carbonyl (C=O) groups is 1. The zero-order chi connectivity index (χ0) is 14.8. The fraction of sp³-hybridized carbons (Fsp3) is 0.533. The van der Waals surface area contributed by atoms with Gasteiger partial charge in [-0.1, -0.05) is 0 Å². The van der Waals surface area contributed by atoms with Crippen molar-refractivity contribution < 1.29 is 19.1 Å². The number of hydrogen-bond acceptors (Lipinski definition) is 4. The van der Waals surface area contributed by atoms with Crippen LogP contribution in [0.15, 0.2) is 22.3 Å². The highest BCUT2D eigenvalue weighted by atomic mass is 16.5. The number of aliphatic hydroxyl groups is 1. The molecule has 110 valence electrons. The minimum Gasteiger partial charge on any atom is -0.488 e. The molecule has 2 rings (SSSR count). The van der Waals surface area contributed by atoms with Crippen LogP contribution in [0.5, 0.6) is 0 Å². The lowest BCUT2D eigenvalue weighted by molar-refractivity contribution is -0.122. The van der Waals surface area contributed by atoms with E-state index in [9.17, 15) is 9.90 Å². The Labute approximate surface area is 118 Å². The number of amides is 1. The summed E-state index contributed by atoms with van der Waals surface area (Å²) in [6.07, 6.45) is 3.56. The Morgan fingerprint density at radius 1 is 1.50 bits per heavy atom. The van der Waals surface area contributed by atoms with Gasteiger partial charge in [-0.25, -0.2) is 0 Å². The molecule has 1 atom stereocenters. The summed E-state index contributed by atoms with van der Waals surface area (Å²) in [6.45, 7) is 5.94. The second kappa shape index (κ2) is 5.71. The van der Waals surface area contributed by atoms with Crippen molar-refractivity contribution in [2.75, 3.05) is 13.2 Å². The zero-order valence-electron chi connectivity index (χ0n) is 12.2. The number of allylic oxidation sites excluding steroid dienone is 1. The van der Waals surface area contributed by atoms with Crippen molar-refractivity contribution in [2.45, 2.75) is 39.2 Å². The first kappa shape index (κ1) is 14.7. The number of nitrogens with one attached hydrogen (secondary N) is 1. The van der Waals surface area contributed by atoms with E-state index in [4.69, 9.17) is 9.15 Å². The average Bonchev–Trinajstić information content (AvgIpc) is 2.77. The first-order valence-corrected chi connectivity index (χ1v) is 6.81. The number of furan rings is 1. The first-order chi connectivity index (χ1) is 9.40. The summed E-state index contributed by atoms with van der Waals surface area (Å²) in [5.41, 5.74) is -0.485. The Hall–Kier alpha value is -1.75. The summed E-state index contributed by atoms with van der Waals surface area (Å²) in [5.74, 6) is 1.45. The van der Waals surface area contributed by atoms with Crippen molar-refractivity contribution in [1.82, 2.24) is 5.32 Å². The predicted molar refractivity (Wildman–Crippen MR) is 74.0 cm³/mol. The topological polar surface area (TPSA) is 71.7 Å². The molecule has 1 amide bonds. The molecule has 5 nitrogen and oxygen atoms in total. The molecule has 0 aromatic carbocycles. The van der Waals surface area contributed by atoms with Gasteiger partial charge in [-0.15, -0.1) is 0 Å². The van der Waals surface area contributed by atoms with E-state index in [2.05, 4.69) is 5.32 Å². The standard InChI is InChI=1S/C15H21NO4/c1-10-8-12(11(2)20-10)15(3,18)9-16-14(17)13-6-4-5-7-19-13/h6,8,18H,4-5,7,9H2,1-3H3,(H,16,17). The van der Waals surface area contributed by atoms with Crippen LogP contribution < -0.4 is 5.32 Å². The van der Waals surface area contributed by atoms with Gasteiger partial charge in [0.15, 0.2) is 5.76 Å². The monoisotopic (exact) mass is 279 g/mol. The van der Waals surface area contributed by atoms with Gasteiger partial charge in [0.25, 0.3) is 5.91 Å². The second-order valence-electron chi connectivity index (χ2n) is 5.34. The lowest BCUT2D eigenvalue weighted by atomic mass is 9.96. The van der Waals surface area contributed by atoms with Crippen LogP contribution in [0.25, 0.3) is 0 Å². The molecule has 1 aliphatic rings. The molecule has 5 heteroatoms. The fourth-order valence-corrected chi connectivity index (χ4v) is 2.32. The largest absolute Gasteiger partial charge is 0.488 e. The van der Waals surface area contributed by atoms with Crippen molar-refractivity contribution >= 4 is 5.91 Å². The van der Waals surface area contributed by atoms with E-state index < -0.39 is 5.60 Å². The van der Waals surface area contributed by atoms with Crippen molar-refractivity contribution in [3.8, 4) is 0 Å². The number of hydrogen-bond donors (Lipinski definition) is 2. The van der Waals surface area contributed by atoms with Gasteiger partial charge in [-0.2, -0.15) is 0 Å². The van der Waals surface area contributed by atoms with Gasteiger partial charge >= 0.3 is 0 Å². The highest BCUT2D eigenvalue weighted by Gasteiger charge is 2.29. The second-order valence-corrected chi connectivity index (χ2v) is 5.34. The Balaban J connectivity index is 2.00. The molecule has 0 fully saturated rings. The number of carbonyl (C=O) groups excluding carboxylic acids is 1. The molecule has 0 spiro atoms. The van der Waals surface area contributed by atoms with Crippen molar-refractivity contribution in [3.63, 3.8) is 0 Å². The van der Waals surface area contributed by atoms with E-state index in [0.717, 1.165) is 18.6 Å². The molecule has 2 N–H and O–H groups in total. The maximum absolute atomic E-state index is 11.9. The molecule has 1 aromatic rings. The van der Waals surface area contributed by atoms with Gasteiger partial charge in [-0.05, 0) is 45.8 Å². The van der Waals surface area contributed by atoms with E-state index in [1.165, 1.54) is 0 Å². The Morgan fingerprint density at radius 2 is 2.25 bits per heavy atom. The number of rotatable bonds is 4. The van der Waals surface area contributed by atoms with Gasteiger partial charge in [0.2, 0.25) is 0 Å². The van der Waals surface area contributed by atoms with E-state index >= 15 is 0 Å². The summed E-state index contributed by atoms with van der Waals surface area (Å²) in [5, 5.41) is 13.2. The third kappa shape index (κ3) is 3.22. The van der Waals surface area contributed by atoms with E-state index in [1.54, 1.807) is 26.0 Å². The lowest BCUT2D eigenvalue weighted by Crippen LogP contribution is -2.39. The summed E-state index contributed by atoms with van der Waals surface area (Å²) in [7, 11) is 0. The van der Waals surface area contributed by atoms with Gasteiger partial charge in [0, 0.05) is 5.56 Å². The Kier molecular flexibility index (Phi) is 4.18. The summed E-state index contributed by atoms with van der Waals surface area (Å²) < 4.78 is 10.7. The van der Waals surface area contributed by atoms with Crippen LogP contribution >= 0.6 is 0 Å². The molecule has 0 bridgehead atoms. The summed E-state index contributed by atoms with van der Waals surface area (Å²) in [6, 6.07) is 1.79. The van der Waals surface area contributed by atoms with Crippen LogP contribution in [-0.4, -0.2) is 24.2 Å². The highest BCUT2D eigenvalue weighted by molar-refractivity contribution is 5.91. The predicted octanol–water partition coefficient (Wildman–Crippen LogP) is 1.91. The van der Waals surface area contributed by atoms with E-state index in [0.29, 0.717) is 23.7 Å². The van der Waals surface area contributed by atoms with Crippen LogP contribution in [-0.2, 0) is 15.1 Å². The SMILES string of the molecule is Cc1cc(C(C)(O)CNC(=O)C2=CCCCO2)c(C)o1. The molecule has 20 heavy (non-hydrogen) atoms. The molecule has 1 unspecified atom stereocenters. The molecular weight excluding hydrogens is 258 g/mol. The van der Waals surface area contributed by atoms with E-state index in [-0.39, 0.29) is 12.5 Å². The molecule has 1 aromatic heterocycles. The lowest BCUT2D eigenvalue weighted by Gasteiger charge is -2.24. The van der Waals surface area contributed by atoms with Crippen molar-refractivity contribution in [1.29, 1.82) is 0 Å². The number of aryl methyl sites for hydroxylation is 2. The quantitative estimate of drug-likeness (QED) is 0.883. The molecule has 0 aliphatic carbocycles. The summed E-state index contributed by atoms with van der Waals surface area (Å²) >= 11 is 0. The average molecular weight is 279 g/mol. The fourth-order valence-electron chi connectivity index (χ4n) is 2.32. The van der Waals surface area contributed by atoms with Gasteiger partial charge < -0.3 is 19.6 Å². The van der Waals surface area contributed by atoms with Gasteiger partial charge in [-0.3, -0.25) is 4.79 Å². The number of ether oxygens (including phenoxy) is 1. The first-order valence-electron chi connectivity index (χ1n) is 6.81. The smallest absolute Gasteiger partial charge is 0.286 e. The molecular formula is C15H21NO4.